The van der Waals surface area contributed by atoms with Crippen molar-refractivity contribution in [1.82, 2.24) is 10.2 Å². The van der Waals surface area contributed by atoms with E-state index in [4.69, 9.17) is 39.5 Å². The Hall–Kier alpha value is -2.98. The van der Waals surface area contributed by atoms with Crippen molar-refractivity contribution in [3.8, 4) is 5.75 Å². The average Bonchev–Trinajstić information content (AvgIpc) is 2.92. The first-order valence-corrected chi connectivity index (χ1v) is 15.7. The Labute approximate surface area is 262 Å². The van der Waals surface area contributed by atoms with Gasteiger partial charge in [0, 0.05) is 27.7 Å². The van der Waals surface area contributed by atoms with Crippen LogP contribution in [0.2, 0.25) is 15.1 Å². The lowest BCUT2D eigenvalue weighted by molar-refractivity contribution is -0.141. The zero-order valence-electron chi connectivity index (χ0n) is 24.0. The van der Waals surface area contributed by atoms with Gasteiger partial charge in [-0.15, -0.1) is 0 Å². The van der Waals surface area contributed by atoms with Crippen LogP contribution in [-0.2, 0) is 26.2 Å². The quantitative estimate of drug-likeness (QED) is 0.252. The molecule has 0 aliphatic heterocycles. The molecule has 0 radical (unpaired) electrons. The Morgan fingerprint density at radius 1 is 0.929 bits per heavy atom. The van der Waals surface area contributed by atoms with Crippen molar-refractivity contribution in [1.29, 1.82) is 0 Å². The molecule has 3 aromatic rings. The Bertz CT molecular complexity index is 1510. The van der Waals surface area contributed by atoms with Gasteiger partial charge >= 0.3 is 0 Å². The first-order chi connectivity index (χ1) is 19.7. The molecule has 0 saturated heterocycles. The van der Waals surface area contributed by atoms with Crippen molar-refractivity contribution in [3.63, 3.8) is 0 Å². The molecule has 8 nitrogen and oxygen atoms in total. The van der Waals surface area contributed by atoms with Gasteiger partial charge in [0.1, 0.15) is 18.3 Å². The highest BCUT2D eigenvalue weighted by Gasteiger charge is 2.35. The molecule has 226 valence electrons. The summed E-state index contributed by atoms with van der Waals surface area (Å²) in [5.74, 6) is -0.705. The second-order valence-corrected chi connectivity index (χ2v) is 13.6. The molecule has 2 amide bonds. The molecule has 0 heterocycles. The highest BCUT2D eigenvalue weighted by molar-refractivity contribution is 7.92. The lowest BCUT2D eigenvalue weighted by Gasteiger charge is -2.35. The van der Waals surface area contributed by atoms with Crippen LogP contribution in [-0.4, -0.2) is 50.4 Å². The SMILES string of the molecule is CC[C@H](C(=O)NC(C)(C)C)N(Cc1c(Cl)cccc1Cl)C(=O)CN(c1ccc(OC)c(Cl)c1)S(=O)(=O)c1ccccc1. The number of hydrogen-bond donors (Lipinski definition) is 1. The molecule has 0 aliphatic carbocycles. The molecule has 0 aliphatic rings. The fourth-order valence-electron chi connectivity index (χ4n) is 4.28. The zero-order chi connectivity index (χ0) is 31.2. The number of hydrogen-bond acceptors (Lipinski definition) is 5. The molecule has 12 heteroatoms. The van der Waals surface area contributed by atoms with Gasteiger partial charge < -0.3 is 15.0 Å². The number of amides is 2. The van der Waals surface area contributed by atoms with Gasteiger partial charge in [-0.1, -0.05) is 66.0 Å². The maximum absolute atomic E-state index is 14.2. The third-order valence-electron chi connectivity index (χ3n) is 6.31. The molecule has 0 bridgehead atoms. The first-order valence-electron chi connectivity index (χ1n) is 13.1. The first kappa shape index (κ1) is 33.5. The van der Waals surface area contributed by atoms with Gasteiger partial charge in [-0.2, -0.15) is 0 Å². The molecule has 1 N–H and O–H groups in total. The van der Waals surface area contributed by atoms with Crippen LogP contribution in [0.5, 0.6) is 5.75 Å². The summed E-state index contributed by atoms with van der Waals surface area (Å²) in [6.45, 7) is 6.49. The summed E-state index contributed by atoms with van der Waals surface area (Å²) < 4.78 is 34.1. The van der Waals surface area contributed by atoms with Gasteiger partial charge in [-0.3, -0.25) is 13.9 Å². The van der Waals surface area contributed by atoms with Crippen LogP contribution in [0.4, 0.5) is 5.69 Å². The number of carbonyl (C=O) groups is 2. The number of anilines is 1. The summed E-state index contributed by atoms with van der Waals surface area (Å²) in [4.78, 5) is 28.9. The third kappa shape index (κ3) is 8.10. The molecule has 0 fully saturated rings. The van der Waals surface area contributed by atoms with E-state index in [1.807, 2.05) is 20.8 Å². The number of halogens is 3. The predicted octanol–water partition coefficient (Wildman–Crippen LogP) is 6.57. The van der Waals surface area contributed by atoms with Crippen LogP contribution >= 0.6 is 34.8 Å². The summed E-state index contributed by atoms with van der Waals surface area (Å²) in [6, 6.07) is 16.1. The number of ether oxygens (including phenoxy) is 1. The van der Waals surface area contributed by atoms with E-state index in [1.165, 1.54) is 42.3 Å². The van der Waals surface area contributed by atoms with Gasteiger partial charge in [0.2, 0.25) is 11.8 Å². The molecule has 0 aromatic heterocycles. The summed E-state index contributed by atoms with van der Waals surface area (Å²) in [7, 11) is -2.82. The van der Waals surface area contributed by atoms with Crippen LogP contribution in [0.25, 0.3) is 0 Å². The van der Waals surface area contributed by atoms with Crippen molar-refractivity contribution < 1.29 is 22.7 Å². The fourth-order valence-corrected chi connectivity index (χ4v) is 6.48. The van der Waals surface area contributed by atoms with Crippen LogP contribution in [0.15, 0.2) is 71.6 Å². The number of nitrogens with zero attached hydrogens (tertiary/aromatic N) is 2. The van der Waals surface area contributed by atoms with Crippen molar-refractivity contribution in [2.24, 2.45) is 0 Å². The topological polar surface area (TPSA) is 96.0 Å². The van der Waals surface area contributed by atoms with E-state index in [0.29, 0.717) is 21.4 Å². The molecule has 3 aromatic carbocycles. The Morgan fingerprint density at radius 2 is 1.55 bits per heavy atom. The van der Waals surface area contributed by atoms with Gasteiger partial charge in [0.25, 0.3) is 10.0 Å². The van der Waals surface area contributed by atoms with E-state index >= 15 is 0 Å². The number of carbonyl (C=O) groups excluding carboxylic acids is 2. The molecule has 0 saturated carbocycles. The summed E-state index contributed by atoms with van der Waals surface area (Å²) in [6.07, 6.45) is 0.246. The lowest BCUT2D eigenvalue weighted by atomic mass is 10.1. The minimum Gasteiger partial charge on any atom is -0.495 e. The maximum atomic E-state index is 14.2. The molecule has 0 unspecified atom stereocenters. The average molecular weight is 655 g/mol. The van der Waals surface area contributed by atoms with Crippen molar-refractivity contribution in [2.45, 2.75) is 57.1 Å². The standard InChI is InChI=1S/C30H34Cl3N3O5S/c1-6-26(29(38)34-30(2,3)4)35(18-22-23(31)13-10-14-24(22)32)28(37)19-36(20-15-16-27(41-5)25(33)17-20)42(39,40)21-11-8-7-9-12-21/h7-17,26H,6,18-19H2,1-5H3,(H,34,38)/t26-/m1/s1. The fraction of sp³-hybridized carbons (Fsp3) is 0.333. The highest BCUT2D eigenvalue weighted by atomic mass is 35.5. The van der Waals surface area contributed by atoms with Gasteiger partial charge in [-0.25, -0.2) is 8.42 Å². The van der Waals surface area contributed by atoms with Crippen molar-refractivity contribution >= 4 is 62.3 Å². The largest absolute Gasteiger partial charge is 0.495 e. The Kier molecular flexibility index (Phi) is 11.2. The number of methoxy groups -OCH3 is 1. The highest BCUT2D eigenvalue weighted by Crippen LogP contribution is 2.33. The predicted molar refractivity (Wildman–Crippen MR) is 168 cm³/mol. The van der Waals surface area contributed by atoms with Gasteiger partial charge in [0.05, 0.1) is 22.7 Å². The Morgan fingerprint density at radius 3 is 2.07 bits per heavy atom. The molecule has 0 spiro atoms. The summed E-state index contributed by atoms with van der Waals surface area (Å²) in [5.41, 5.74) is -0.00822. The molecule has 42 heavy (non-hydrogen) atoms. The number of rotatable bonds is 11. The van der Waals surface area contributed by atoms with Crippen LogP contribution in [0.3, 0.4) is 0 Å². The summed E-state index contributed by atoms with van der Waals surface area (Å²) >= 11 is 19.3. The van der Waals surface area contributed by atoms with Crippen molar-refractivity contribution in [2.75, 3.05) is 18.0 Å². The molecular weight excluding hydrogens is 621 g/mol. The summed E-state index contributed by atoms with van der Waals surface area (Å²) in [5, 5.41) is 3.69. The molecule has 1 atom stereocenters. The van der Waals surface area contributed by atoms with E-state index in [1.54, 1.807) is 43.3 Å². The minimum atomic E-state index is -4.26. The van der Waals surface area contributed by atoms with Crippen LogP contribution in [0, 0.1) is 0 Å². The van der Waals surface area contributed by atoms with Crippen molar-refractivity contribution in [3.05, 3.63) is 87.4 Å². The van der Waals surface area contributed by atoms with Crippen LogP contribution in [0.1, 0.15) is 39.7 Å². The smallest absolute Gasteiger partial charge is 0.264 e. The van der Waals surface area contributed by atoms with E-state index in [-0.39, 0.29) is 28.6 Å². The third-order valence-corrected chi connectivity index (χ3v) is 9.10. The minimum absolute atomic E-state index is 0.0250. The molecule has 3 rings (SSSR count). The normalized spacial score (nSPS) is 12.4. The lowest BCUT2D eigenvalue weighted by Crippen LogP contribution is -2.55. The second-order valence-electron chi connectivity index (χ2n) is 10.5. The maximum Gasteiger partial charge on any atom is 0.264 e. The van der Waals surface area contributed by atoms with E-state index in [0.717, 1.165) is 4.31 Å². The second kappa shape index (κ2) is 14.0. The molecular formula is C30H34Cl3N3O5S. The number of nitrogens with one attached hydrogen (secondary N) is 1. The number of sulfonamides is 1. The van der Waals surface area contributed by atoms with Gasteiger partial charge in [0.15, 0.2) is 0 Å². The van der Waals surface area contributed by atoms with Crippen LogP contribution < -0.4 is 14.4 Å². The van der Waals surface area contributed by atoms with E-state index in [9.17, 15) is 18.0 Å². The Balaban J connectivity index is 2.14. The monoisotopic (exact) mass is 653 g/mol. The zero-order valence-corrected chi connectivity index (χ0v) is 27.1. The van der Waals surface area contributed by atoms with Gasteiger partial charge in [-0.05, 0) is 69.7 Å². The van der Waals surface area contributed by atoms with E-state index in [2.05, 4.69) is 5.32 Å². The number of benzene rings is 3. The van der Waals surface area contributed by atoms with E-state index < -0.39 is 40.0 Å².